The fraction of sp³-hybridized carbons (Fsp3) is 0.357. The Morgan fingerprint density at radius 1 is 1.44 bits per heavy atom. The van der Waals surface area contributed by atoms with Crippen LogP contribution in [-0.4, -0.2) is 15.6 Å². The van der Waals surface area contributed by atoms with Gasteiger partial charge in [-0.05, 0) is 24.5 Å². The molecule has 0 saturated carbocycles. The molecule has 1 aromatic heterocycles. The molecule has 1 N–H and O–H groups in total. The lowest BCUT2D eigenvalue weighted by Crippen LogP contribution is -2.13. The highest BCUT2D eigenvalue weighted by Gasteiger charge is 2.21. The minimum absolute atomic E-state index is 0.184. The Morgan fingerprint density at radius 2 is 2.11 bits per heavy atom. The van der Waals surface area contributed by atoms with Crippen molar-refractivity contribution in [3.8, 4) is 0 Å². The molecule has 0 aliphatic heterocycles. The Morgan fingerprint density at radius 3 is 2.67 bits per heavy atom. The van der Waals surface area contributed by atoms with E-state index in [9.17, 15) is 14.3 Å². The molecule has 2 rings (SSSR count). The van der Waals surface area contributed by atoms with E-state index >= 15 is 0 Å². The summed E-state index contributed by atoms with van der Waals surface area (Å²) < 4.78 is 15.5. The maximum Gasteiger partial charge on any atom is 0.352 e. The van der Waals surface area contributed by atoms with Gasteiger partial charge in [-0.1, -0.05) is 26.0 Å². The zero-order chi connectivity index (χ0) is 13.4. The highest BCUT2D eigenvalue weighted by atomic mass is 19.1. The van der Waals surface area contributed by atoms with E-state index in [1.807, 2.05) is 13.8 Å². The largest absolute Gasteiger partial charge is 0.477 e. The molecule has 2 aromatic rings. The van der Waals surface area contributed by atoms with Crippen LogP contribution in [0.3, 0.4) is 0 Å². The smallest absolute Gasteiger partial charge is 0.352 e. The van der Waals surface area contributed by atoms with Crippen LogP contribution in [0.4, 0.5) is 4.39 Å². The van der Waals surface area contributed by atoms with E-state index in [1.54, 1.807) is 23.6 Å². The molecule has 1 aromatic carbocycles. The lowest BCUT2D eigenvalue weighted by Gasteiger charge is -2.11. The number of carbonyl (C=O) groups is 1. The SMILES string of the molecule is Cc1c(C(=O)O)n(CC(C)C)c2c(F)cccc12. The quantitative estimate of drug-likeness (QED) is 0.905. The predicted molar refractivity (Wildman–Crippen MR) is 68.4 cm³/mol. The van der Waals surface area contributed by atoms with Crippen LogP contribution in [0.25, 0.3) is 10.9 Å². The number of carboxylic acid groups (broad SMARTS) is 1. The number of carboxylic acids is 1. The van der Waals surface area contributed by atoms with Gasteiger partial charge in [0, 0.05) is 11.9 Å². The number of para-hydroxylation sites is 1. The van der Waals surface area contributed by atoms with Gasteiger partial charge in [0.15, 0.2) is 0 Å². The van der Waals surface area contributed by atoms with E-state index in [2.05, 4.69) is 0 Å². The van der Waals surface area contributed by atoms with Crippen molar-refractivity contribution in [1.29, 1.82) is 0 Å². The molecule has 0 saturated heterocycles. The fourth-order valence-electron chi connectivity index (χ4n) is 2.36. The number of rotatable bonds is 3. The van der Waals surface area contributed by atoms with Gasteiger partial charge < -0.3 is 9.67 Å². The van der Waals surface area contributed by atoms with Crippen LogP contribution in [0.5, 0.6) is 0 Å². The molecule has 0 bridgehead atoms. The van der Waals surface area contributed by atoms with Crippen LogP contribution >= 0.6 is 0 Å². The van der Waals surface area contributed by atoms with Crippen LogP contribution in [0.15, 0.2) is 18.2 Å². The maximum absolute atomic E-state index is 13.9. The van der Waals surface area contributed by atoms with Gasteiger partial charge in [0.05, 0.1) is 5.52 Å². The van der Waals surface area contributed by atoms with Crippen LogP contribution < -0.4 is 0 Å². The van der Waals surface area contributed by atoms with Crippen molar-refractivity contribution in [2.45, 2.75) is 27.3 Å². The van der Waals surface area contributed by atoms with Crippen LogP contribution in [-0.2, 0) is 6.54 Å². The number of halogens is 1. The van der Waals surface area contributed by atoms with Crippen molar-refractivity contribution >= 4 is 16.9 Å². The molecular weight excluding hydrogens is 233 g/mol. The van der Waals surface area contributed by atoms with Crippen molar-refractivity contribution in [2.75, 3.05) is 0 Å². The highest BCUT2D eigenvalue weighted by molar-refractivity contribution is 5.98. The summed E-state index contributed by atoms with van der Waals surface area (Å²) in [7, 11) is 0. The Labute approximate surface area is 105 Å². The summed E-state index contributed by atoms with van der Waals surface area (Å²) in [6, 6.07) is 4.73. The van der Waals surface area contributed by atoms with E-state index in [0.717, 1.165) is 0 Å². The van der Waals surface area contributed by atoms with Gasteiger partial charge in [-0.25, -0.2) is 9.18 Å². The summed E-state index contributed by atoms with van der Waals surface area (Å²) in [6.07, 6.45) is 0. The first kappa shape index (κ1) is 12.6. The van der Waals surface area contributed by atoms with Gasteiger partial charge >= 0.3 is 5.97 Å². The average molecular weight is 249 g/mol. The number of nitrogens with zero attached hydrogens (tertiary/aromatic N) is 1. The number of fused-ring (bicyclic) bond motifs is 1. The second-order valence-electron chi connectivity index (χ2n) is 4.92. The summed E-state index contributed by atoms with van der Waals surface area (Å²) in [5, 5.41) is 9.98. The summed E-state index contributed by atoms with van der Waals surface area (Å²) in [5.74, 6) is -1.13. The standard InChI is InChI=1S/C14H16FNO2/c1-8(2)7-16-12(14(17)18)9(3)10-5-4-6-11(15)13(10)16/h4-6,8H,7H2,1-3H3,(H,17,18). The molecule has 0 aliphatic rings. The molecule has 0 amide bonds. The molecular formula is C14H16FNO2. The number of aryl methyl sites for hydroxylation is 1. The van der Waals surface area contributed by atoms with E-state index < -0.39 is 5.97 Å². The van der Waals surface area contributed by atoms with Gasteiger partial charge in [-0.2, -0.15) is 0 Å². The molecule has 18 heavy (non-hydrogen) atoms. The molecule has 0 fully saturated rings. The zero-order valence-electron chi connectivity index (χ0n) is 10.7. The van der Waals surface area contributed by atoms with Gasteiger partial charge in [-0.15, -0.1) is 0 Å². The normalized spacial score (nSPS) is 11.4. The number of aromatic carboxylic acids is 1. The predicted octanol–water partition coefficient (Wildman–Crippen LogP) is 3.44. The topological polar surface area (TPSA) is 42.2 Å². The summed E-state index contributed by atoms with van der Waals surface area (Å²) >= 11 is 0. The molecule has 0 aliphatic carbocycles. The van der Waals surface area contributed by atoms with Gasteiger partial charge in [0.1, 0.15) is 11.5 Å². The first-order valence-electron chi connectivity index (χ1n) is 5.94. The van der Waals surface area contributed by atoms with E-state index in [-0.39, 0.29) is 17.4 Å². The van der Waals surface area contributed by atoms with Crippen molar-refractivity contribution in [1.82, 2.24) is 4.57 Å². The summed E-state index contributed by atoms with van der Waals surface area (Å²) in [6.45, 7) is 6.18. The third kappa shape index (κ3) is 1.88. The van der Waals surface area contributed by atoms with Crippen LogP contribution in [0.1, 0.15) is 29.9 Å². The first-order valence-corrected chi connectivity index (χ1v) is 5.94. The number of aromatic nitrogens is 1. The third-order valence-electron chi connectivity index (χ3n) is 3.04. The molecule has 0 atom stereocenters. The summed E-state index contributed by atoms with van der Waals surface area (Å²) in [4.78, 5) is 11.4. The Kier molecular flexibility index (Phi) is 3.11. The lowest BCUT2D eigenvalue weighted by molar-refractivity contribution is 0.0684. The van der Waals surface area contributed by atoms with Gasteiger partial charge in [0.25, 0.3) is 0 Å². The fourth-order valence-corrected chi connectivity index (χ4v) is 2.36. The van der Waals surface area contributed by atoms with Crippen LogP contribution in [0.2, 0.25) is 0 Å². The average Bonchev–Trinajstić information content (AvgIpc) is 2.52. The number of hydrogen-bond acceptors (Lipinski definition) is 1. The van der Waals surface area contributed by atoms with Crippen molar-refractivity contribution in [3.63, 3.8) is 0 Å². The molecule has 0 spiro atoms. The first-order chi connectivity index (χ1) is 8.43. The number of hydrogen-bond donors (Lipinski definition) is 1. The second kappa shape index (κ2) is 4.44. The third-order valence-corrected chi connectivity index (χ3v) is 3.04. The van der Waals surface area contributed by atoms with Crippen molar-refractivity contribution < 1.29 is 14.3 Å². The minimum atomic E-state index is -1.01. The Bertz CT molecular complexity index is 614. The Balaban J connectivity index is 2.85. The molecule has 1 heterocycles. The maximum atomic E-state index is 13.9. The molecule has 4 heteroatoms. The molecule has 0 radical (unpaired) electrons. The minimum Gasteiger partial charge on any atom is -0.477 e. The second-order valence-corrected chi connectivity index (χ2v) is 4.92. The lowest BCUT2D eigenvalue weighted by atomic mass is 10.1. The van der Waals surface area contributed by atoms with E-state index in [0.29, 0.717) is 23.0 Å². The Hall–Kier alpha value is -1.84. The zero-order valence-corrected chi connectivity index (χ0v) is 10.7. The van der Waals surface area contributed by atoms with Crippen LogP contribution in [0, 0.1) is 18.7 Å². The molecule has 96 valence electrons. The van der Waals surface area contributed by atoms with Crippen molar-refractivity contribution in [2.24, 2.45) is 5.92 Å². The van der Waals surface area contributed by atoms with Gasteiger partial charge in [0.2, 0.25) is 0 Å². The molecule has 0 unspecified atom stereocenters. The van der Waals surface area contributed by atoms with Crippen molar-refractivity contribution in [3.05, 3.63) is 35.3 Å². The van der Waals surface area contributed by atoms with E-state index in [1.165, 1.54) is 6.07 Å². The highest BCUT2D eigenvalue weighted by Crippen LogP contribution is 2.28. The molecule has 3 nitrogen and oxygen atoms in total. The summed E-state index contributed by atoms with van der Waals surface area (Å²) in [5.41, 5.74) is 1.20. The number of benzene rings is 1. The monoisotopic (exact) mass is 249 g/mol. The van der Waals surface area contributed by atoms with Gasteiger partial charge in [-0.3, -0.25) is 0 Å². The van der Waals surface area contributed by atoms with E-state index in [4.69, 9.17) is 0 Å².